The van der Waals surface area contributed by atoms with E-state index in [1.54, 1.807) is 18.2 Å². The highest BCUT2D eigenvalue weighted by atomic mass is 35.5. The molecule has 0 saturated heterocycles. The highest BCUT2D eigenvalue weighted by Gasteiger charge is 2.17. The van der Waals surface area contributed by atoms with Gasteiger partial charge in [-0.15, -0.1) is 0 Å². The van der Waals surface area contributed by atoms with Gasteiger partial charge >= 0.3 is 0 Å². The Morgan fingerprint density at radius 1 is 1.00 bits per heavy atom. The number of hydrogen-bond donors (Lipinski definition) is 1. The molecule has 0 aliphatic heterocycles. The highest BCUT2D eigenvalue weighted by Crippen LogP contribution is 2.31. The number of rotatable bonds is 4. The third-order valence-electron chi connectivity index (χ3n) is 3.08. The molecule has 2 aromatic carbocycles. The van der Waals surface area contributed by atoms with Crippen LogP contribution in [0.1, 0.15) is 24.9 Å². The van der Waals surface area contributed by atoms with Crippen molar-refractivity contribution in [3.8, 4) is 0 Å². The molecule has 2 rings (SSSR count). The van der Waals surface area contributed by atoms with E-state index in [2.05, 4.69) is 5.32 Å². The third-order valence-corrected chi connectivity index (χ3v) is 3.82. The standard InChI is InChI=1S/C15H12Cl2F3N/c1-2-14(8-3-4-10(16)11(17)5-8)21-15-12(19)6-9(18)7-13(15)20/h3-7,14,21H,2H2,1H3. The summed E-state index contributed by atoms with van der Waals surface area (Å²) >= 11 is 11.8. The number of hydrogen-bond acceptors (Lipinski definition) is 1. The van der Waals surface area contributed by atoms with Gasteiger partial charge in [0.25, 0.3) is 0 Å². The fraction of sp³-hybridized carbons (Fsp3) is 0.200. The van der Waals surface area contributed by atoms with Crippen LogP contribution in [-0.4, -0.2) is 0 Å². The van der Waals surface area contributed by atoms with Crippen molar-refractivity contribution < 1.29 is 13.2 Å². The van der Waals surface area contributed by atoms with Crippen LogP contribution in [-0.2, 0) is 0 Å². The van der Waals surface area contributed by atoms with E-state index in [-0.39, 0.29) is 11.7 Å². The smallest absolute Gasteiger partial charge is 0.152 e. The van der Waals surface area contributed by atoms with Gasteiger partial charge in [-0.1, -0.05) is 36.2 Å². The molecular formula is C15H12Cl2F3N. The maximum Gasteiger partial charge on any atom is 0.152 e. The Labute approximate surface area is 130 Å². The molecule has 0 heterocycles. The quantitative estimate of drug-likeness (QED) is 0.726. The van der Waals surface area contributed by atoms with Crippen LogP contribution in [0, 0.1) is 17.5 Å². The zero-order valence-corrected chi connectivity index (χ0v) is 12.6. The second-order valence-corrected chi connectivity index (χ2v) is 5.34. The summed E-state index contributed by atoms with van der Waals surface area (Å²) < 4.78 is 40.3. The molecule has 1 nitrogen and oxygen atoms in total. The maximum atomic E-state index is 13.7. The Morgan fingerprint density at radius 3 is 2.14 bits per heavy atom. The van der Waals surface area contributed by atoms with E-state index in [1.165, 1.54) is 0 Å². The first kappa shape index (κ1) is 16.0. The summed E-state index contributed by atoms with van der Waals surface area (Å²) in [7, 11) is 0. The van der Waals surface area contributed by atoms with Crippen LogP contribution in [0.3, 0.4) is 0 Å². The van der Waals surface area contributed by atoms with Gasteiger partial charge in [0.2, 0.25) is 0 Å². The van der Waals surface area contributed by atoms with E-state index < -0.39 is 17.5 Å². The predicted molar refractivity (Wildman–Crippen MR) is 79.4 cm³/mol. The van der Waals surface area contributed by atoms with E-state index in [9.17, 15) is 13.2 Å². The number of benzene rings is 2. The van der Waals surface area contributed by atoms with Crippen LogP contribution in [0.15, 0.2) is 30.3 Å². The van der Waals surface area contributed by atoms with Crippen LogP contribution in [0.2, 0.25) is 10.0 Å². The van der Waals surface area contributed by atoms with Gasteiger partial charge in [-0.3, -0.25) is 0 Å². The Kier molecular flexibility index (Phi) is 5.01. The molecule has 1 atom stereocenters. The lowest BCUT2D eigenvalue weighted by Gasteiger charge is -2.20. The Bertz CT molecular complexity index is 638. The first-order valence-electron chi connectivity index (χ1n) is 6.28. The van der Waals surface area contributed by atoms with Gasteiger partial charge < -0.3 is 5.32 Å². The molecule has 0 radical (unpaired) electrons. The van der Waals surface area contributed by atoms with Gasteiger partial charge in [0.15, 0.2) is 11.6 Å². The van der Waals surface area contributed by atoms with Crippen LogP contribution in [0.4, 0.5) is 18.9 Å². The van der Waals surface area contributed by atoms with Crippen molar-refractivity contribution in [3.05, 3.63) is 63.4 Å². The van der Waals surface area contributed by atoms with Crippen molar-refractivity contribution in [3.63, 3.8) is 0 Å². The number of halogens is 5. The minimum Gasteiger partial charge on any atom is -0.373 e. The van der Waals surface area contributed by atoms with Gasteiger partial charge in [0.1, 0.15) is 11.5 Å². The Morgan fingerprint density at radius 2 is 1.62 bits per heavy atom. The SMILES string of the molecule is CCC(Nc1c(F)cc(F)cc1F)c1ccc(Cl)c(Cl)c1. The summed E-state index contributed by atoms with van der Waals surface area (Å²) in [5.74, 6) is -2.92. The first-order valence-corrected chi connectivity index (χ1v) is 7.04. The van der Waals surface area contributed by atoms with E-state index in [4.69, 9.17) is 23.2 Å². The van der Waals surface area contributed by atoms with Crippen molar-refractivity contribution in [1.82, 2.24) is 0 Å². The van der Waals surface area contributed by atoms with Crippen molar-refractivity contribution in [1.29, 1.82) is 0 Å². The maximum absolute atomic E-state index is 13.7. The molecule has 1 unspecified atom stereocenters. The summed E-state index contributed by atoms with van der Waals surface area (Å²) in [4.78, 5) is 0. The zero-order chi connectivity index (χ0) is 15.6. The lowest BCUT2D eigenvalue weighted by molar-refractivity contribution is 0.543. The minimum atomic E-state index is -0.981. The van der Waals surface area contributed by atoms with Gasteiger partial charge in [-0.05, 0) is 24.1 Å². The molecular weight excluding hydrogens is 322 g/mol. The minimum absolute atomic E-state index is 0.356. The lowest BCUT2D eigenvalue weighted by Crippen LogP contribution is -2.12. The Hall–Kier alpha value is -1.39. The van der Waals surface area contributed by atoms with Crippen LogP contribution in [0.25, 0.3) is 0 Å². The molecule has 0 amide bonds. The molecule has 0 aromatic heterocycles. The van der Waals surface area contributed by atoms with Crippen LogP contribution >= 0.6 is 23.2 Å². The molecule has 0 fully saturated rings. The summed E-state index contributed by atoms with van der Waals surface area (Å²) in [6.07, 6.45) is 0.550. The van der Waals surface area contributed by atoms with Crippen molar-refractivity contribution in [2.24, 2.45) is 0 Å². The molecule has 0 aliphatic rings. The van der Waals surface area contributed by atoms with Gasteiger partial charge in [-0.25, -0.2) is 13.2 Å². The lowest BCUT2D eigenvalue weighted by atomic mass is 10.0. The number of anilines is 1. The second-order valence-electron chi connectivity index (χ2n) is 4.52. The van der Waals surface area contributed by atoms with E-state index in [0.29, 0.717) is 28.6 Å². The monoisotopic (exact) mass is 333 g/mol. The molecule has 0 saturated carbocycles. The molecule has 112 valence electrons. The molecule has 21 heavy (non-hydrogen) atoms. The topological polar surface area (TPSA) is 12.0 Å². The van der Waals surface area contributed by atoms with Crippen molar-refractivity contribution in [2.45, 2.75) is 19.4 Å². The zero-order valence-electron chi connectivity index (χ0n) is 11.1. The van der Waals surface area contributed by atoms with Crippen molar-refractivity contribution in [2.75, 3.05) is 5.32 Å². The van der Waals surface area contributed by atoms with Crippen molar-refractivity contribution >= 4 is 28.9 Å². The van der Waals surface area contributed by atoms with Crippen LogP contribution < -0.4 is 5.32 Å². The Balaban J connectivity index is 2.33. The number of nitrogens with one attached hydrogen (secondary N) is 1. The van der Waals surface area contributed by atoms with E-state index in [1.807, 2.05) is 6.92 Å². The molecule has 0 spiro atoms. The summed E-state index contributed by atoms with van der Waals surface area (Å²) in [5.41, 5.74) is 0.365. The van der Waals surface area contributed by atoms with Gasteiger partial charge in [0.05, 0.1) is 16.1 Å². The first-order chi connectivity index (χ1) is 9.92. The average Bonchev–Trinajstić information content (AvgIpc) is 2.41. The molecule has 0 aliphatic carbocycles. The summed E-state index contributed by atoms with van der Waals surface area (Å²) in [6.45, 7) is 1.85. The molecule has 1 N–H and O–H groups in total. The normalized spacial score (nSPS) is 12.3. The van der Waals surface area contributed by atoms with Crippen LogP contribution in [0.5, 0.6) is 0 Å². The predicted octanol–water partition coefficient (Wildman–Crippen LogP) is 5.97. The second kappa shape index (κ2) is 6.58. The third kappa shape index (κ3) is 3.63. The summed E-state index contributed by atoms with van der Waals surface area (Å²) in [6, 6.07) is 5.84. The summed E-state index contributed by atoms with van der Waals surface area (Å²) in [5, 5.41) is 3.49. The molecule has 2 aromatic rings. The highest BCUT2D eigenvalue weighted by molar-refractivity contribution is 6.42. The average molecular weight is 334 g/mol. The van der Waals surface area contributed by atoms with E-state index in [0.717, 1.165) is 5.56 Å². The van der Waals surface area contributed by atoms with Gasteiger partial charge in [-0.2, -0.15) is 0 Å². The van der Waals surface area contributed by atoms with E-state index >= 15 is 0 Å². The molecule has 0 bridgehead atoms. The van der Waals surface area contributed by atoms with Gasteiger partial charge in [0, 0.05) is 12.1 Å². The fourth-order valence-corrected chi connectivity index (χ4v) is 2.31. The fourth-order valence-electron chi connectivity index (χ4n) is 2.00. The molecule has 6 heteroatoms. The largest absolute Gasteiger partial charge is 0.373 e.